The van der Waals surface area contributed by atoms with Gasteiger partial charge in [-0.2, -0.15) is 0 Å². The van der Waals surface area contributed by atoms with E-state index < -0.39 is 5.97 Å². The van der Waals surface area contributed by atoms with Crippen molar-refractivity contribution in [3.05, 3.63) is 35.4 Å². The number of rotatable bonds is 6. The standard InChI is InChI=1S/C19H25NO4/c1-3-24-16-12-15(19(16)8-5-9-19)20(2)17(21)11-13-6-4-7-14(10-13)18(22)23/h4,6-7,10,15-16H,3,5,8-9,11-12H2,1-2H3,(H,22,23). The number of carbonyl (C=O) groups excluding carboxylic acids is 1. The summed E-state index contributed by atoms with van der Waals surface area (Å²) >= 11 is 0. The van der Waals surface area contributed by atoms with Crippen LogP contribution in [-0.2, 0) is 16.0 Å². The van der Waals surface area contributed by atoms with Crippen molar-refractivity contribution in [3.8, 4) is 0 Å². The van der Waals surface area contributed by atoms with E-state index in [1.54, 1.807) is 24.3 Å². The van der Waals surface area contributed by atoms with Crippen LogP contribution in [0.4, 0.5) is 0 Å². The van der Waals surface area contributed by atoms with E-state index in [4.69, 9.17) is 9.84 Å². The van der Waals surface area contributed by atoms with Gasteiger partial charge in [-0.05, 0) is 43.9 Å². The zero-order chi connectivity index (χ0) is 17.3. The Morgan fingerprint density at radius 2 is 2.12 bits per heavy atom. The molecule has 24 heavy (non-hydrogen) atoms. The lowest BCUT2D eigenvalue weighted by Crippen LogP contribution is -2.67. The van der Waals surface area contributed by atoms with Crippen LogP contribution < -0.4 is 0 Å². The summed E-state index contributed by atoms with van der Waals surface area (Å²) in [5, 5.41) is 9.07. The third kappa shape index (κ3) is 2.81. The topological polar surface area (TPSA) is 66.8 Å². The van der Waals surface area contributed by atoms with Crippen molar-refractivity contribution in [2.75, 3.05) is 13.7 Å². The molecular weight excluding hydrogens is 306 g/mol. The Bertz CT molecular complexity index is 638. The first kappa shape index (κ1) is 17.0. The highest BCUT2D eigenvalue weighted by Gasteiger charge is 2.60. The van der Waals surface area contributed by atoms with E-state index in [0.717, 1.165) is 31.4 Å². The number of hydrogen-bond acceptors (Lipinski definition) is 3. The highest BCUT2D eigenvalue weighted by Crippen LogP contribution is 2.58. The molecule has 1 N–H and O–H groups in total. The molecule has 1 aromatic carbocycles. The number of amides is 1. The molecule has 3 rings (SSSR count). The minimum absolute atomic E-state index is 0.0452. The minimum Gasteiger partial charge on any atom is -0.478 e. The number of nitrogens with zero attached hydrogens (tertiary/aromatic N) is 1. The maximum Gasteiger partial charge on any atom is 0.335 e. The predicted molar refractivity (Wildman–Crippen MR) is 90.0 cm³/mol. The molecule has 2 aliphatic carbocycles. The second kappa shape index (κ2) is 6.55. The van der Waals surface area contributed by atoms with Gasteiger partial charge in [0.05, 0.1) is 18.1 Å². The van der Waals surface area contributed by atoms with Gasteiger partial charge >= 0.3 is 5.97 Å². The molecule has 2 atom stereocenters. The molecule has 0 aliphatic heterocycles. The van der Waals surface area contributed by atoms with Gasteiger partial charge in [0.2, 0.25) is 5.91 Å². The van der Waals surface area contributed by atoms with Crippen LogP contribution in [0.25, 0.3) is 0 Å². The summed E-state index contributed by atoms with van der Waals surface area (Å²) in [6, 6.07) is 6.87. The van der Waals surface area contributed by atoms with E-state index in [0.29, 0.717) is 0 Å². The van der Waals surface area contributed by atoms with Gasteiger partial charge in [0.25, 0.3) is 0 Å². The van der Waals surface area contributed by atoms with Crippen LogP contribution in [0.5, 0.6) is 0 Å². The maximum atomic E-state index is 12.7. The highest BCUT2D eigenvalue weighted by molar-refractivity contribution is 5.88. The van der Waals surface area contributed by atoms with Crippen LogP contribution in [0.3, 0.4) is 0 Å². The summed E-state index contributed by atoms with van der Waals surface area (Å²) in [5.41, 5.74) is 1.12. The van der Waals surface area contributed by atoms with Crippen LogP contribution in [0.15, 0.2) is 24.3 Å². The molecule has 2 saturated carbocycles. The zero-order valence-corrected chi connectivity index (χ0v) is 14.3. The number of aromatic carboxylic acids is 1. The number of carboxylic acids is 1. The molecule has 0 bridgehead atoms. The van der Waals surface area contributed by atoms with Crippen LogP contribution in [0.2, 0.25) is 0 Å². The Kier molecular flexibility index (Phi) is 4.63. The molecule has 5 nitrogen and oxygen atoms in total. The molecule has 1 spiro atoms. The molecule has 0 radical (unpaired) electrons. The van der Waals surface area contributed by atoms with E-state index in [1.165, 1.54) is 6.42 Å². The average Bonchev–Trinajstić information content (AvgIpc) is 2.49. The molecular formula is C19H25NO4. The van der Waals surface area contributed by atoms with Gasteiger partial charge in [0.1, 0.15) is 0 Å². The summed E-state index contributed by atoms with van der Waals surface area (Å²) < 4.78 is 5.85. The van der Waals surface area contributed by atoms with Crippen molar-refractivity contribution in [1.29, 1.82) is 0 Å². The summed E-state index contributed by atoms with van der Waals surface area (Å²) in [6.07, 6.45) is 4.91. The van der Waals surface area contributed by atoms with Crippen molar-refractivity contribution in [1.82, 2.24) is 4.90 Å². The first-order valence-corrected chi connectivity index (χ1v) is 8.67. The van der Waals surface area contributed by atoms with Crippen LogP contribution in [0, 0.1) is 5.41 Å². The predicted octanol–water partition coefficient (Wildman–Crippen LogP) is 2.73. The number of likely N-dealkylation sites (N-methyl/N-ethyl adjacent to an activating group) is 1. The van der Waals surface area contributed by atoms with E-state index >= 15 is 0 Å². The first-order chi connectivity index (χ1) is 11.5. The van der Waals surface area contributed by atoms with E-state index in [9.17, 15) is 9.59 Å². The SMILES string of the molecule is CCOC1CC(N(C)C(=O)Cc2cccc(C(=O)O)c2)C12CCC2. The number of ether oxygens (including phenoxy) is 1. The zero-order valence-electron chi connectivity index (χ0n) is 14.3. The van der Waals surface area contributed by atoms with Crippen molar-refractivity contribution < 1.29 is 19.4 Å². The van der Waals surface area contributed by atoms with Crippen molar-refractivity contribution in [2.24, 2.45) is 5.41 Å². The lowest BCUT2D eigenvalue weighted by atomic mass is 9.50. The molecule has 0 saturated heterocycles. The van der Waals surface area contributed by atoms with Crippen LogP contribution in [-0.4, -0.2) is 47.7 Å². The van der Waals surface area contributed by atoms with Crippen molar-refractivity contribution in [2.45, 2.75) is 51.2 Å². The van der Waals surface area contributed by atoms with Crippen LogP contribution >= 0.6 is 0 Å². The smallest absolute Gasteiger partial charge is 0.335 e. The van der Waals surface area contributed by atoms with Gasteiger partial charge < -0.3 is 14.7 Å². The number of benzene rings is 1. The Balaban J connectivity index is 1.65. The molecule has 1 amide bonds. The van der Waals surface area contributed by atoms with Crippen LogP contribution in [0.1, 0.15) is 48.5 Å². The monoisotopic (exact) mass is 331 g/mol. The van der Waals surface area contributed by atoms with Crippen molar-refractivity contribution >= 4 is 11.9 Å². The van der Waals surface area contributed by atoms with Gasteiger partial charge in [-0.3, -0.25) is 4.79 Å². The van der Waals surface area contributed by atoms with Gasteiger partial charge in [0, 0.05) is 25.1 Å². The third-order valence-electron chi connectivity index (χ3n) is 5.78. The molecule has 130 valence electrons. The highest BCUT2D eigenvalue weighted by atomic mass is 16.5. The summed E-state index contributed by atoms with van der Waals surface area (Å²) in [7, 11) is 1.87. The summed E-state index contributed by atoms with van der Waals surface area (Å²) in [6.45, 7) is 2.74. The Hall–Kier alpha value is -1.88. The molecule has 5 heteroatoms. The number of hydrogen-bond donors (Lipinski definition) is 1. The second-order valence-electron chi connectivity index (χ2n) is 6.97. The van der Waals surface area contributed by atoms with E-state index in [2.05, 4.69) is 0 Å². The average molecular weight is 331 g/mol. The fourth-order valence-corrected chi connectivity index (χ4v) is 4.23. The number of carbonyl (C=O) groups is 2. The number of carboxylic acid groups (broad SMARTS) is 1. The lowest BCUT2D eigenvalue weighted by Gasteiger charge is -2.63. The van der Waals surface area contributed by atoms with Gasteiger partial charge in [-0.25, -0.2) is 4.79 Å². The van der Waals surface area contributed by atoms with Gasteiger partial charge in [-0.1, -0.05) is 18.6 Å². The minimum atomic E-state index is -0.968. The summed E-state index contributed by atoms with van der Waals surface area (Å²) in [5.74, 6) is -0.923. The molecule has 2 unspecified atom stereocenters. The largest absolute Gasteiger partial charge is 0.478 e. The first-order valence-electron chi connectivity index (χ1n) is 8.67. The molecule has 1 aromatic rings. The van der Waals surface area contributed by atoms with E-state index in [1.807, 2.05) is 18.9 Å². The molecule has 2 fully saturated rings. The lowest BCUT2D eigenvalue weighted by molar-refractivity contribution is -0.202. The quantitative estimate of drug-likeness (QED) is 0.870. The molecule has 2 aliphatic rings. The normalized spacial score (nSPS) is 24.1. The Morgan fingerprint density at radius 3 is 2.71 bits per heavy atom. The molecule has 0 aromatic heterocycles. The van der Waals surface area contributed by atoms with E-state index in [-0.39, 0.29) is 35.5 Å². The van der Waals surface area contributed by atoms with Gasteiger partial charge in [0.15, 0.2) is 0 Å². The fourth-order valence-electron chi connectivity index (χ4n) is 4.23. The Morgan fingerprint density at radius 1 is 1.38 bits per heavy atom. The molecule has 0 heterocycles. The van der Waals surface area contributed by atoms with Gasteiger partial charge in [-0.15, -0.1) is 0 Å². The second-order valence-corrected chi connectivity index (χ2v) is 6.97. The summed E-state index contributed by atoms with van der Waals surface area (Å²) in [4.78, 5) is 25.6. The maximum absolute atomic E-state index is 12.7. The Labute approximate surface area is 142 Å². The fraction of sp³-hybridized carbons (Fsp3) is 0.579. The third-order valence-corrected chi connectivity index (χ3v) is 5.78. The van der Waals surface area contributed by atoms with Crippen molar-refractivity contribution in [3.63, 3.8) is 0 Å².